The topological polar surface area (TPSA) is 69.9 Å². The molecule has 0 aromatic carbocycles. The van der Waals surface area contributed by atoms with E-state index in [9.17, 15) is 4.79 Å². The first kappa shape index (κ1) is 12.1. The Morgan fingerprint density at radius 2 is 2.29 bits per heavy atom. The lowest BCUT2D eigenvalue weighted by Gasteiger charge is -2.19. The standard InChI is InChI=1S/C10H8Cl2N4O/c11-8-4-7(9(12)15-14-8)10(17)16-3-1-2-6(16)5-13/h4,6H,1-3H2. The second-order valence-electron chi connectivity index (χ2n) is 3.66. The molecule has 1 amide bonds. The molecule has 0 N–H and O–H groups in total. The van der Waals surface area contributed by atoms with E-state index in [4.69, 9.17) is 28.5 Å². The molecule has 1 aliphatic heterocycles. The van der Waals surface area contributed by atoms with Gasteiger partial charge in [0.2, 0.25) is 0 Å². The molecule has 0 spiro atoms. The Morgan fingerprint density at radius 3 is 3.00 bits per heavy atom. The normalized spacial score (nSPS) is 19.1. The first-order chi connectivity index (χ1) is 8.13. The van der Waals surface area contributed by atoms with Crippen LogP contribution in [0.5, 0.6) is 0 Å². The van der Waals surface area contributed by atoms with Gasteiger partial charge in [0, 0.05) is 6.54 Å². The third-order valence-corrected chi connectivity index (χ3v) is 3.08. The molecule has 0 radical (unpaired) electrons. The molecule has 0 aliphatic carbocycles. The van der Waals surface area contributed by atoms with E-state index >= 15 is 0 Å². The molecule has 5 nitrogen and oxygen atoms in total. The summed E-state index contributed by atoms with van der Waals surface area (Å²) in [7, 11) is 0. The van der Waals surface area contributed by atoms with E-state index in [1.165, 1.54) is 11.0 Å². The molecule has 1 unspecified atom stereocenters. The number of likely N-dealkylation sites (tertiary alicyclic amines) is 1. The molecule has 0 bridgehead atoms. The summed E-state index contributed by atoms with van der Waals surface area (Å²) in [6.45, 7) is 0.549. The van der Waals surface area contributed by atoms with Crippen LogP contribution >= 0.6 is 23.2 Å². The number of nitriles is 1. The molecule has 17 heavy (non-hydrogen) atoms. The van der Waals surface area contributed by atoms with Gasteiger partial charge in [0.05, 0.1) is 11.6 Å². The van der Waals surface area contributed by atoms with Crippen LogP contribution in [0.2, 0.25) is 10.3 Å². The Balaban J connectivity index is 2.31. The van der Waals surface area contributed by atoms with Gasteiger partial charge in [0.15, 0.2) is 10.3 Å². The van der Waals surface area contributed by atoms with Gasteiger partial charge in [-0.3, -0.25) is 4.79 Å². The third kappa shape index (κ3) is 2.33. The van der Waals surface area contributed by atoms with Gasteiger partial charge >= 0.3 is 0 Å². The van der Waals surface area contributed by atoms with Gasteiger partial charge < -0.3 is 4.90 Å². The van der Waals surface area contributed by atoms with E-state index in [2.05, 4.69) is 16.3 Å². The summed E-state index contributed by atoms with van der Waals surface area (Å²) >= 11 is 11.5. The second kappa shape index (κ2) is 4.86. The van der Waals surface area contributed by atoms with Gasteiger partial charge in [-0.15, -0.1) is 10.2 Å². The SMILES string of the molecule is N#CC1CCCN1C(=O)c1cc(Cl)nnc1Cl. The van der Waals surface area contributed by atoms with Crippen molar-refractivity contribution in [2.24, 2.45) is 0 Å². The highest BCUT2D eigenvalue weighted by Crippen LogP contribution is 2.23. The number of nitrogens with zero attached hydrogens (tertiary/aromatic N) is 4. The molecule has 1 aromatic heterocycles. The maximum Gasteiger partial charge on any atom is 0.258 e. The molecule has 1 saturated heterocycles. The fraction of sp³-hybridized carbons (Fsp3) is 0.400. The van der Waals surface area contributed by atoms with Crippen molar-refractivity contribution in [3.63, 3.8) is 0 Å². The van der Waals surface area contributed by atoms with Crippen molar-refractivity contribution >= 4 is 29.1 Å². The number of amides is 1. The van der Waals surface area contributed by atoms with Gasteiger partial charge in [0.25, 0.3) is 5.91 Å². The van der Waals surface area contributed by atoms with Gasteiger partial charge in [-0.25, -0.2) is 0 Å². The molecule has 1 atom stereocenters. The predicted octanol–water partition coefficient (Wildman–Crippen LogP) is 1.91. The fourth-order valence-corrected chi connectivity index (χ4v) is 2.12. The third-order valence-electron chi connectivity index (χ3n) is 2.61. The zero-order chi connectivity index (χ0) is 12.4. The first-order valence-corrected chi connectivity index (χ1v) is 5.78. The molecule has 1 fully saturated rings. The minimum absolute atomic E-state index is 0.00277. The highest BCUT2D eigenvalue weighted by molar-refractivity contribution is 6.34. The molecule has 0 saturated carbocycles. The molecule has 1 aliphatic rings. The number of halogens is 2. The number of hydrogen-bond donors (Lipinski definition) is 0. The van der Waals surface area contributed by atoms with Crippen LogP contribution in [-0.4, -0.2) is 33.6 Å². The molecule has 2 rings (SSSR count). The van der Waals surface area contributed by atoms with Crippen molar-refractivity contribution < 1.29 is 4.79 Å². The Morgan fingerprint density at radius 1 is 1.53 bits per heavy atom. The lowest BCUT2D eigenvalue weighted by Crippen LogP contribution is -2.34. The van der Waals surface area contributed by atoms with Crippen LogP contribution in [0.15, 0.2) is 6.07 Å². The minimum atomic E-state index is -0.398. The van der Waals surface area contributed by atoms with Crippen molar-refractivity contribution in [3.8, 4) is 6.07 Å². The van der Waals surface area contributed by atoms with Crippen molar-refractivity contribution in [1.29, 1.82) is 5.26 Å². The van der Waals surface area contributed by atoms with E-state index in [-0.39, 0.29) is 21.8 Å². The van der Waals surface area contributed by atoms with Crippen LogP contribution in [0.3, 0.4) is 0 Å². The Kier molecular flexibility index (Phi) is 3.46. The van der Waals surface area contributed by atoms with Gasteiger partial charge in [-0.05, 0) is 18.9 Å². The minimum Gasteiger partial charge on any atom is -0.323 e. The Hall–Kier alpha value is -1.38. The lowest BCUT2D eigenvalue weighted by atomic mass is 10.2. The van der Waals surface area contributed by atoms with Crippen LogP contribution in [0.4, 0.5) is 0 Å². The van der Waals surface area contributed by atoms with Crippen LogP contribution in [0.25, 0.3) is 0 Å². The van der Waals surface area contributed by atoms with Crippen LogP contribution < -0.4 is 0 Å². The summed E-state index contributed by atoms with van der Waals surface area (Å²) in [4.78, 5) is 13.6. The number of hydrogen-bond acceptors (Lipinski definition) is 4. The molecular formula is C10H8Cl2N4O. The number of carbonyl (C=O) groups is 1. The highest BCUT2D eigenvalue weighted by atomic mass is 35.5. The maximum atomic E-state index is 12.2. The number of carbonyl (C=O) groups excluding carboxylic acids is 1. The van der Waals surface area contributed by atoms with Crippen LogP contribution in [0, 0.1) is 11.3 Å². The second-order valence-corrected chi connectivity index (χ2v) is 4.40. The largest absolute Gasteiger partial charge is 0.323 e. The average molecular weight is 271 g/mol. The van der Waals surface area contributed by atoms with Crippen molar-refractivity contribution in [1.82, 2.24) is 15.1 Å². The van der Waals surface area contributed by atoms with E-state index in [0.29, 0.717) is 13.0 Å². The van der Waals surface area contributed by atoms with E-state index in [1.54, 1.807) is 0 Å². The first-order valence-electron chi connectivity index (χ1n) is 5.03. The summed E-state index contributed by atoms with van der Waals surface area (Å²) in [5.74, 6) is -0.323. The maximum absolute atomic E-state index is 12.2. The van der Waals surface area contributed by atoms with Crippen molar-refractivity contribution in [2.45, 2.75) is 18.9 Å². The van der Waals surface area contributed by atoms with E-state index in [0.717, 1.165) is 6.42 Å². The summed E-state index contributed by atoms with van der Waals surface area (Å²) < 4.78 is 0. The highest BCUT2D eigenvalue weighted by Gasteiger charge is 2.30. The zero-order valence-electron chi connectivity index (χ0n) is 8.73. The summed E-state index contributed by atoms with van der Waals surface area (Å²) in [6.07, 6.45) is 1.50. The molecule has 2 heterocycles. The molecule has 1 aromatic rings. The lowest BCUT2D eigenvalue weighted by molar-refractivity contribution is 0.0764. The summed E-state index contributed by atoms with van der Waals surface area (Å²) in [5.41, 5.74) is 0.189. The van der Waals surface area contributed by atoms with E-state index in [1.807, 2.05) is 0 Å². The number of rotatable bonds is 1. The van der Waals surface area contributed by atoms with Crippen molar-refractivity contribution in [3.05, 3.63) is 21.9 Å². The number of aromatic nitrogens is 2. The monoisotopic (exact) mass is 270 g/mol. The fourth-order valence-electron chi connectivity index (χ4n) is 1.80. The van der Waals surface area contributed by atoms with Gasteiger partial charge in [0.1, 0.15) is 6.04 Å². The smallest absolute Gasteiger partial charge is 0.258 e. The Bertz CT molecular complexity index is 500. The van der Waals surface area contributed by atoms with Crippen LogP contribution in [-0.2, 0) is 0 Å². The van der Waals surface area contributed by atoms with Gasteiger partial charge in [-0.1, -0.05) is 23.2 Å². The Labute approximate surface area is 108 Å². The van der Waals surface area contributed by atoms with Gasteiger partial charge in [-0.2, -0.15) is 5.26 Å². The summed E-state index contributed by atoms with van der Waals surface area (Å²) in [5, 5.41) is 16.1. The molecular weight excluding hydrogens is 263 g/mol. The quantitative estimate of drug-likeness (QED) is 0.782. The average Bonchev–Trinajstić information content (AvgIpc) is 2.79. The van der Waals surface area contributed by atoms with E-state index < -0.39 is 6.04 Å². The molecule has 7 heteroatoms. The predicted molar refractivity (Wildman–Crippen MR) is 61.7 cm³/mol. The zero-order valence-corrected chi connectivity index (χ0v) is 10.2. The van der Waals surface area contributed by atoms with Crippen molar-refractivity contribution in [2.75, 3.05) is 6.54 Å². The molecule has 88 valence electrons. The van der Waals surface area contributed by atoms with Crippen LogP contribution in [0.1, 0.15) is 23.2 Å². The summed E-state index contributed by atoms with van der Waals surface area (Å²) in [6, 6.07) is 3.06.